The topological polar surface area (TPSA) is 67.2 Å². The van der Waals surface area contributed by atoms with E-state index < -0.39 is 0 Å². The van der Waals surface area contributed by atoms with Crippen LogP contribution in [-0.2, 0) is 11.8 Å². The third kappa shape index (κ3) is 2.72. The molecule has 1 saturated carbocycles. The molecule has 1 saturated heterocycles. The normalized spacial score (nSPS) is 24.9. The van der Waals surface area contributed by atoms with Crippen molar-refractivity contribution in [3.63, 3.8) is 0 Å². The zero-order valence-corrected chi connectivity index (χ0v) is 15.3. The number of rotatable bonds is 4. The van der Waals surface area contributed by atoms with Crippen molar-refractivity contribution in [2.24, 2.45) is 29.7 Å². The van der Waals surface area contributed by atoms with Crippen molar-refractivity contribution in [1.82, 2.24) is 15.1 Å². The fraction of sp³-hybridized carbons (Fsp3) is 0.722. The fourth-order valence-corrected chi connectivity index (χ4v) is 4.07. The van der Waals surface area contributed by atoms with Crippen molar-refractivity contribution >= 4 is 11.6 Å². The highest BCUT2D eigenvalue weighted by Gasteiger charge is 2.68. The number of carbonyl (C=O) groups excluding carboxylic acids is 1. The van der Waals surface area contributed by atoms with Gasteiger partial charge in [-0.1, -0.05) is 27.7 Å². The van der Waals surface area contributed by atoms with Crippen molar-refractivity contribution in [2.75, 3.05) is 24.5 Å². The second-order valence-corrected chi connectivity index (χ2v) is 8.40. The van der Waals surface area contributed by atoms with Crippen LogP contribution < -0.4 is 15.8 Å². The predicted octanol–water partition coefficient (Wildman–Crippen LogP) is 1.40. The van der Waals surface area contributed by atoms with E-state index in [1.165, 1.54) is 4.68 Å². The van der Waals surface area contributed by atoms with Crippen molar-refractivity contribution in [1.29, 1.82) is 0 Å². The Bertz CT molecular complexity index is 693. The molecule has 1 N–H and O–H groups in total. The smallest absolute Gasteiger partial charge is 0.268 e. The van der Waals surface area contributed by atoms with Crippen LogP contribution in [-0.4, -0.2) is 35.3 Å². The minimum Gasteiger partial charge on any atom is -0.370 e. The maximum absolute atomic E-state index is 12.4. The maximum Gasteiger partial charge on any atom is 0.268 e. The molecule has 6 heteroatoms. The summed E-state index contributed by atoms with van der Waals surface area (Å²) in [7, 11) is 1.65. The maximum atomic E-state index is 12.4. The van der Waals surface area contributed by atoms with Gasteiger partial charge < -0.3 is 10.2 Å². The molecule has 2 heterocycles. The van der Waals surface area contributed by atoms with Gasteiger partial charge in [0.25, 0.3) is 5.56 Å². The summed E-state index contributed by atoms with van der Waals surface area (Å²) >= 11 is 0. The Kier molecular flexibility index (Phi) is 3.97. The lowest BCUT2D eigenvalue weighted by Gasteiger charge is -2.18. The standard InChI is InChI=1S/C18H28N4O2/c1-17(2)15(18(17,3)4)16(24)19-9-12-6-7-22(11-12)13-8-14(23)21(5)20-10-13/h8,10,12,15H,6-7,9,11H2,1-5H3,(H,19,24). The molecule has 0 radical (unpaired) electrons. The van der Waals surface area contributed by atoms with Gasteiger partial charge in [-0.05, 0) is 23.2 Å². The molecule has 2 aliphatic rings. The van der Waals surface area contributed by atoms with Crippen LogP contribution in [0, 0.1) is 22.7 Å². The zero-order valence-electron chi connectivity index (χ0n) is 15.3. The van der Waals surface area contributed by atoms with E-state index in [2.05, 4.69) is 43.0 Å². The number of hydrogen-bond donors (Lipinski definition) is 1. The molecule has 24 heavy (non-hydrogen) atoms. The Balaban J connectivity index is 1.53. The summed E-state index contributed by atoms with van der Waals surface area (Å²) in [5, 5.41) is 7.22. The summed E-state index contributed by atoms with van der Waals surface area (Å²) < 4.78 is 1.33. The summed E-state index contributed by atoms with van der Waals surface area (Å²) in [6.45, 7) is 11.1. The summed E-state index contributed by atoms with van der Waals surface area (Å²) in [5.41, 5.74) is 0.933. The largest absolute Gasteiger partial charge is 0.370 e. The van der Waals surface area contributed by atoms with Crippen molar-refractivity contribution in [3.8, 4) is 0 Å². The van der Waals surface area contributed by atoms with E-state index in [0.717, 1.165) is 25.2 Å². The van der Waals surface area contributed by atoms with Crippen LogP contribution in [0.3, 0.4) is 0 Å². The molecule has 0 bridgehead atoms. The van der Waals surface area contributed by atoms with Gasteiger partial charge in [-0.2, -0.15) is 5.10 Å². The monoisotopic (exact) mass is 332 g/mol. The predicted molar refractivity (Wildman–Crippen MR) is 93.9 cm³/mol. The Hall–Kier alpha value is -1.85. The second kappa shape index (κ2) is 5.60. The molecule has 2 fully saturated rings. The highest BCUT2D eigenvalue weighted by molar-refractivity contribution is 5.84. The van der Waals surface area contributed by atoms with E-state index in [0.29, 0.717) is 12.5 Å². The molecule has 3 rings (SSSR count). The van der Waals surface area contributed by atoms with Gasteiger partial charge in [0.15, 0.2) is 0 Å². The minimum absolute atomic E-state index is 0.0779. The molecule has 1 aromatic heterocycles. The molecule has 1 amide bonds. The van der Waals surface area contributed by atoms with Gasteiger partial charge in [0.05, 0.1) is 11.9 Å². The molecule has 0 spiro atoms. The number of hydrogen-bond acceptors (Lipinski definition) is 4. The number of aromatic nitrogens is 2. The molecule has 1 aliphatic carbocycles. The van der Waals surface area contributed by atoms with Crippen LogP contribution in [0.2, 0.25) is 0 Å². The first-order valence-electron chi connectivity index (χ1n) is 8.70. The van der Waals surface area contributed by atoms with Crippen LogP contribution in [0.4, 0.5) is 5.69 Å². The average molecular weight is 332 g/mol. The van der Waals surface area contributed by atoms with Crippen molar-refractivity contribution in [3.05, 3.63) is 22.6 Å². The third-order valence-electron chi connectivity index (χ3n) is 6.45. The highest BCUT2D eigenvalue weighted by Crippen LogP contribution is 2.68. The third-order valence-corrected chi connectivity index (χ3v) is 6.45. The second-order valence-electron chi connectivity index (χ2n) is 8.40. The Morgan fingerprint density at radius 2 is 2.00 bits per heavy atom. The summed E-state index contributed by atoms with van der Waals surface area (Å²) in [5.74, 6) is 0.700. The molecule has 132 valence electrons. The number of nitrogens with one attached hydrogen (secondary N) is 1. The van der Waals surface area contributed by atoms with Gasteiger partial charge in [0.1, 0.15) is 0 Å². The number of carbonyl (C=O) groups is 1. The van der Waals surface area contributed by atoms with E-state index in [-0.39, 0.29) is 28.2 Å². The lowest BCUT2D eigenvalue weighted by molar-refractivity contribution is -0.123. The van der Waals surface area contributed by atoms with Crippen LogP contribution in [0.25, 0.3) is 0 Å². The molecule has 0 aromatic carbocycles. The Morgan fingerprint density at radius 3 is 2.58 bits per heavy atom. The van der Waals surface area contributed by atoms with E-state index in [1.807, 2.05) is 0 Å². The van der Waals surface area contributed by atoms with E-state index in [9.17, 15) is 9.59 Å². The lowest BCUT2D eigenvalue weighted by atomic mass is 10.0. The van der Waals surface area contributed by atoms with Crippen molar-refractivity contribution in [2.45, 2.75) is 34.1 Å². The highest BCUT2D eigenvalue weighted by atomic mass is 16.2. The van der Waals surface area contributed by atoms with Gasteiger partial charge in [0, 0.05) is 38.7 Å². The SMILES string of the molecule is Cn1ncc(N2CCC(CNC(=O)C3C(C)(C)C3(C)C)C2)cc1=O. The summed E-state index contributed by atoms with van der Waals surface area (Å²) in [4.78, 5) is 26.3. The minimum atomic E-state index is -0.0950. The van der Waals surface area contributed by atoms with E-state index in [4.69, 9.17) is 0 Å². The molecule has 6 nitrogen and oxygen atoms in total. The number of aryl methyl sites for hydroxylation is 1. The van der Waals surface area contributed by atoms with Crippen LogP contribution in [0.15, 0.2) is 17.1 Å². The Morgan fingerprint density at radius 1 is 1.33 bits per heavy atom. The van der Waals surface area contributed by atoms with Gasteiger partial charge in [-0.3, -0.25) is 9.59 Å². The molecular formula is C18H28N4O2. The average Bonchev–Trinajstić information content (AvgIpc) is 2.84. The van der Waals surface area contributed by atoms with Gasteiger partial charge in [-0.15, -0.1) is 0 Å². The first kappa shape index (κ1) is 17.0. The van der Waals surface area contributed by atoms with Crippen LogP contribution in [0.1, 0.15) is 34.1 Å². The molecule has 1 unspecified atom stereocenters. The zero-order chi connectivity index (χ0) is 17.7. The summed E-state index contributed by atoms with van der Waals surface area (Å²) in [6, 6.07) is 1.63. The summed E-state index contributed by atoms with van der Waals surface area (Å²) in [6.07, 6.45) is 2.75. The first-order chi connectivity index (χ1) is 11.1. The Labute approximate surface area is 143 Å². The molecule has 1 aromatic rings. The van der Waals surface area contributed by atoms with Crippen molar-refractivity contribution < 1.29 is 4.79 Å². The van der Waals surface area contributed by atoms with Gasteiger partial charge >= 0.3 is 0 Å². The van der Waals surface area contributed by atoms with Gasteiger partial charge in [-0.25, -0.2) is 4.68 Å². The quantitative estimate of drug-likeness (QED) is 0.905. The molecular weight excluding hydrogens is 304 g/mol. The van der Waals surface area contributed by atoms with Crippen LogP contribution >= 0.6 is 0 Å². The molecule has 1 aliphatic heterocycles. The number of nitrogens with zero attached hydrogens (tertiary/aromatic N) is 3. The molecule has 1 atom stereocenters. The number of anilines is 1. The van der Waals surface area contributed by atoms with E-state index in [1.54, 1.807) is 19.3 Å². The fourth-order valence-electron chi connectivity index (χ4n) is 4.07. The van der Waals surface area contributed by atoms with Crippen LogP contribution in [0.5, 0.6) is 0 Å². The van der Waals surface area contributed by atoms with E-state index >= 15 is 0 Å². The number of amides is 1. The van der Waals surface area contributed by atoms with Gasteiger partial charge in [0.2, 0.25) is 5.91 Å². The lowest BCUT2D eigenvalue weighted by Crippen LogP contribution is -2.33. The first-order valence-corrected chi connectivity index (χ1v) is 8.70.